The number of thiazole rings is 1. The Bertz CT molecular complexity index is 982. The lowest BCUT2D eigenvalue weighted by Gasteiger charge is -2.06. The molecule has 0 atom stereocenters. The van der Waals surface area contributed by atoms with Crippen molar-refractivity contribution < 1.29 is 19.1 Å². The molecule has 0 bridgehead atoms. The van der Waals surface area contributed by atoms with Crippen LogP contribution in [-0.4, -0.2) is 23.5 Å². The topological polar surface area (TPSA) is 77.5 Å². The highest BCUT2D eigenvalue weighted by Gasteiger charge is 2.12. The molecule has 1 heterocycles. The SMILES string of the molecule is CCOC(=O)c1csc(NC(=O)C=Cc2ccc(OCc3ccccc3)cc2)n1. The van der Waals surface area contributed by atoms with Crippen LogP contribution in [0.4, 0.5) is 5.13 Å². The molecule has 0 spiro atoms. The first-order chi connectivity index (χ1) is 14.1. The zero-order chi connectivity index (χ0) is 20.5. The van der Waals surface area contributed by atoms with Gasteiger partial charge >= 0.3 is 5.97 Å². The summed E-state index contributed by atoms with van der Waals surface area (Å²) < 4.78 is 10.6. The van der Waals surface area contributed by atoms with Gasteiger partial charge in [-0.05, 0) is 36.3 Å². The van der Waals surface area contributed by atoms with Crippen LogP contribution in [0.25, 0.3) is 6.08 Å². The van der Waals surface area contributed by atoms with Crippen molar-refractivity contribution in [1.82, 2.24) is 4.98 Å². The van der Waals surface area contributed by atoms with E-state index in [1.165, 1.54) is 6.08 Å². The van der Waals surface area contributed by atoms with Crippen LogP contribution in [0.1, 0.15) is 28.5 Å². The van der Waals surface area contributed by atoms with Crippen LogP contribution in [0.2, 0.25) is 0 Å². The molecule has 3 aromatic rings. The van der Waals surface area contributed by atoms with Gasteiger partial charge < -0.3 is 9.47 Å². The molecule has 0 saturated heterocycles. The Balaban J connectivity index is 1.50. The fraction of sp³-hybridized carbons (Fsp3) is 0.136. The summed E-state index contributed by atoms with van der Waals surface area (Å²) >= 11 is 1.16. The third-order valence-corrected chi connectivity index (χ3v) is 4.53. The Labute approximate surface area is 172 Å². The van der Waals surface area contributed by atoms with E-state index < -0.39 is 5.97 Å². The van der Waals surface area contributed by atoms with Gasteiger partial charge in [-0.15, -0.1) is 11.3 Å². The summed E-state index contributed by atoms with van der Waals surface area (Å²) in [4.78, 5) is 27.7. The van der Waals surface area contributed by atoms with Crippen molar-refractivity contribution in [2.75, 3.05) is 11.9 Å². The normalized spacial score (nSPS) is 10.7. The second-order valence-corrected chi connectivity index (χ2v) is 6.78. The first-order valence-electron chi connectivity index (χ1n) is 9.02. The zero-order valence-electron chi connectivity index (χ0n) is 15.8. The van der Waals surface area contributed by atoms with E-state index in [1.807, 2.05) is 54.6 Å². The number of ether oxygens (including phenoxy) is 2. The van der Waals surface area contributed by atoms with Crippen LogP contribution >= 0.6 is 11.3 Å². The number of hydrogen-bond donors (Lipinski definition) is 1. The molecule has 3 rings (SSSR count). The maximum atomic E-state index is 12.0. The Hall–Kier alpha value is -3.45. The average molecular weight is 408 g/mol. The molecule has 0 saturated carbocycles. The van der Waals surface area contributed by atoms with E-state index in [1.54, 1.807) is 18.4 Å². The highest BCUT2D eigenvalue weighted by molar-refractivity contribution is 7.14. The summed E-state index contributed by atoms with van der Waals surface area (Å²) in [6.45, 7) is 2.50. The molecule has 148 valence electrons. The quantitative estimate of drug-likeness (QED) is 0.437. The molecular weight excluding hydrogens is 388 g/mol. The molecule has 2 aromatic carbocycles. The van der Waals surface area contributed by atoms with Gasteiger partial charge in [0.15, 0.2) is 10.8 Å². The number of hydrogen-bond acceptors (Lipinski definition) is 6. The first-order valence-corrected chi connectivity index (χ1v) is 9.90. The highest BCUT2D eigenvalue weighted by Crippen LogP contribution is 2.17. The largest absolute Gasteiger partial charge is 0.489 e. The lowest BCUT2D eigenvalue weighted by molar-refractivity contribution is -0.111. The number of aromatic nitrogens is 1. The molecule has 0 unspecified atom stereocenters. The molecule has 0 aliphatic rings. The number of carbonyl (C=O) groups is 2. The van der Waals surface area contributed by atoms with Crippen LogP contribution in [0, 0.1) is 0 Å². The molecule has 0 aliphatic carbocycles. The molecule has 0 aliphatic heterocycles. The zero-order valence-corrected chi connectivity index (χ0v) is 16.6. The molecule has 6 nitrogen and oxygen atoms in total. The van der Waals surface area contributed by atoms with E-state index in [-0.39, 0.29) is 18.2 Å². The van der Waals surface area contributed by atoms with Gasteiger partial charge in [-0.3, -0.25) is 10.1 Å². The van der Waals surface area contributed by atoms with E-state index >= 15 is 0 Å². The molecule has 0 radical (unpaired) electrons. The van der Waals surface area contributed by atoms with Gasteiger partial charge in [0.1, 0.15) is 12.4 Å². The minimum Gasteiger partial charge on any atom is -0.489 e. The molecule has 1 amide bonds. The summed E-state index contributed by atoms with van der Waals surface area (Å²) in [5, 5.41) is 4.52. The second-order valence-electron chi connectivity index (χ2n) is 5.92. The Morgan fingerprint density at radius 1 is 1.10 bits per heavy atom. The molecule has 1 N–H and O–H groups in total. The highest BCUT2D eigenvalue weighted by atomic mass is 32.1. The third kappa shape index (κ3) is 6.29. The van der Waals surface area contributed by atoms with Crippen molar-refractivity contribution in [3.05, 3.63) is 82.9 Å². The third-order valence-electron chi connectivity index (χ3n) is 3.77. The van der Waals surface area contributed by atoms with E-state index in [0.29, 0.717) is 11.7 Å². The predicted molar refractivity (Wildman–Crippen MR) is 113 cm³/mol. The molecule has 1 aromatic heterocycles. The number of rotatable bonds is 8. The van der Waals surface area contributed by atoms with Crippen LogP contribution in [-0.2, 0) is 16.1 Å². The Morgan fingerprint density at radius 3 is 2.59 bits per heavy atom. The molecular formula is C22H20N2O4S. The Kier molecular flexibility index (Phi) is 7.13. The molecule has 0 fully saturated rings. The predicted octanol–water partition coefficient (Wildman–Crippen LogP) is 4.55. The van der Waals surface area contributed by atoms with Crippen LogP contribution in [0.15, 0.2) is 66.1 Å². The Morgan fingerprint density at radius 2 is 1.86 bits per heavy atom. The van der Waals surface area contributed by atoms with Crippen molar-refractivity contribution in [3.63, 3.8) is 0 Å². The summed E-state index contributed by atoms with van der Waals surface area (Å²) in [6, 6.07) is 17.4. The molecule has 29 heavy (non-hydrogen) atoms. The maximum Gasteiger partial charge on any atom is 0.357 e. The van der Waals surface area contributed by atoms with Gasteiger partial charge in [-0.25, -0.2) is 9.78 Å². The van der Waals surface area contributed by atoms with Gasteiger partial charge in [0, 0.05) is 11.5 Å². The van der Waals surface area contributed by atoms with Gasteiger partial charge in [0.05, 0.1) is 6.61 Å². The van der Waals surface area contributed by atoms with E-state index in [9.17, 15) is 9.59 Å². The van der Waals surface area contributed by atoms with Crippen molar-refractivity contribution in [2.24, 2.45) is 0 Å². The van der Waals surface area contributed by atoms with Gasteiger partial charge in [-0.2, -0.15) is 0 Å². The number of carbonyl (C=O) groups excluding carboxylic acids is 2. The number of anilines is 1. The minimum atomic E-state index is -0.505. The van der Waals surface area contributed by atoms with Gasteiger partial charge in [0.25, 0.3) is 0 Å². The lowest BCUT2D eigenvalue weighted by atomic mass is 10.2. The standard InChI is InChI=1S/C22H20N2O4S/c1-2-27-21(26)19-15-29-22(23-19)24-20(25)13-10-16-8-11-18(12-9-16)28-14-17-6-4-3-5-7-17/h3-13,15H,2,14H2,1H3,(H,23,24,25). The van der Waals surface area contributed by atoms with Crippen LogP contribution < -0.4 is 10.1 Å². The number of benzene rings is 2. The number of amides is 1. The van der Waals surface area contributed by atoms with E-state index in [0.717, 1.165) is 28.2 Å². The minimum absolute atomic E-state index is 0.183. The summed E-state index contributed by atoms with van der Waals surface area (Å²) in [5.41, 5.74) is 2.14. The fourth-order valence-corrected chi connectivity index (χ4v) is 3.05. The van der Waals surface area contributed by atoms with Crippen molar-refractivity contribution in [2.45, 2.75) is 13.5 Å². The summed E-state index contributed by atoms with van der Waals surface area (Å²) in [5.74, 6) is -0.0849. The fourth-order valence-electron chi connectivity index (χ4n) is 2.36. The monoisotopic (exact) mass is 408 g/mol. The first kappa shape index (κ1) is 20.3. The molecule has 7 heteroatoms. The summed E-state index contributed by atoms with van der Waals surface area (Å²) in [7, 11) is 0. The van der Waals surface area contributed by atoms with Gasteiger partial charge in [-0.1, -0.05) is 42.5 Å². The second kappa shape index (κ2) is 10.2. The van der Waals surface area contributed by atoms with Crippen LogP contribution in [0.5, 0.6) is 5.75 Å². The number of esters is 1. The average Bonchev–Trinajstić information content (AvgIpc) is 3.21. The van der Waals surface area contributed by atoms with E-state index in [4.69, 9.17) is 9.47 Å². The number of nitrogens with one attached hydrogen (secondary N) is 1. The van der Waals surface area contributed by atoms with E-state index in [2.05, 4.69) is 10.3 Å². The maximum absolute atomic E-state index is 12.0. The van der Waals surface area contributed by atoms with Gasteiger partial charge in [0.2, 0.25) is 5.91 Å². The summed E-state index contributed by atoms with van der Waals surface area (Å²) in [6.07, 6.45) is 3.10. The lowest BCUT2D eigenvalue weighted by Crippen LogP contribution is -2.09. The van der Waals surface area contributed by atoms with Crippen molar-refractivity contribution >= 4 is 34.4 Å². The smallest absolute Gasteiger partial charge is 0.357 e. The van der Waals surface area contributed by atoms with Crippen LogP contribution in [0.3, 0.4) is 0 Å². The van der Waals surface area contributed by atoms with Crippen molar-refractivity contribution in [1.29, 1.82) is 0 Å². The number of nitrogens with zero attached hydrogens (tertiary/aromatic N) is 1. The van der Waals surface area contributed by atoms with Crippen molar-refractivity contribution in [3.8, 4) is 5.75 Å².